The summed E-state index contributed by atoms with van der Waals surface area (Å²) in [6.45, 7) is -2.90. The molecule has 0 saturated heterocycles. The number of para-hydroxylation sites is 1. The van der Waals surface area contributed by atoms with Crippen LogP contribution in [-0.4, -0.2) is 21.4 Å². The van der Waals surface area contributed by atoms with Gasteiger partial charge in [-0.05, 0) is 42.5 Å². The van der Waals surface area contributed by atoms with Gasteiger partial charge in [0.2, 0.25) is 0 Å². The second-order valence-electron chi connectivity index (χ2n) is 5.65. The number of nitriles is 1. The lowest BCUT2D eigenvalue weighted by molar-refractivity contribution is -0.0498. The molecule has 0 aliphatic heterocycles. The summed E-state index contributed by atoms with van der Waals surface area (Å²) in [7, 11) is 0. The molecule has 0 atom stereocenters. The maximum Gasteiger partial charge on any atom is 0.387 e. The van der Waals surface area contributed by atoms with Gasteiger partial charge in [0.25, 0.3) is 0 Å². The second-order valence-corrected chi connectivity index (χ2v) is 6.09. The van der Waals surface area contributed by atoms with Crippen LogP contribution < -0.4 is 10.5 Å². The van der Waals surface area contributed by atoms with E-state index in [1.165, 1.54) is 12.1 Å². The van der Waals surface area contributed by atoms with Crippen LogP contribution in [0, 0.1) is 11.3 Å². The summed E-state index contributed by atoms with van der Waals surface area (Å²) in [6, 6.07) is 17.4. The lowest BCUT2D eigenvalue weighted by atomic mass is 10.1. The fourth-order valence-corrected chi connectivity index (χ4v) is 2.64. The SMILES string of the molecule is N#CC(=Cc1cn(-c2ccccc2)nc1-c1ccc(OC(F)F)cc1)C(N)=S. The van der Waals surface area contributed by atoms with Crippen LogP contribution in [0.25, 0.3) is 23.0 Å². The van der Waals surface area contributed by atoms with Gasteiger partial charge in [0.05, 0.1) is 17.0 Å². The van der Waals surface area contributed by atoms with Crippen molar-refractivity contribution in [2.24, 2.45) is 5.73 Å². The first-order chi connectivity index (χ1) is 13.5. The third-order valence-corrected chi connectivity index (χ3v) is 4.02. The Bertz CT molecular complexity index is 1050. The summed E-state index contributed by atoms with van der Waals surface area (Å²) in [4.78, 5) is -0.0263. The van der Waals surface area contributed by atoms with Crippen molar-refractivity contribution in [1.29, 1.82) is 5.26 Å². The molecule has 0 unspecified atom stereocenters. The van der Waals surface area contributed by atoms with E-state index in [0.717, 1.165) is 5.69 Å². The van der Waals surface area contributed by atoms with Crippen molar-refractivity contribution >= 4 is 23.3 Å². The molecule has 140 valence electrons. The number of halogens is 2. The van der Waals surface area contributed by atoms with Gasteiger partial charge in [0.15, 0.2) is 0 Å². The molecule has 2 aromatic carbocycles. The van der Waals surface area contributed by atoms with Crippen molar-refractivity contribution in [3.05, 3.63) is 71.9 Å². The number of nitrogens with two attached hydrogens (primary N) is 1. The predicted octanol–water partition coefficient (Wildman–Crippen LogP) is 4.33. The molecule has 28 heavy (non-hydrogen) atoms. The van der Waals surface area contributed by atoms with Gasteiger partial charge < -0.3 is 10.5 Å². The van der Waals surface area contributed by atoms with Crippen LogP contribution in [0.15, 0.2) is 66.4 Å². The van der Waals surface area contributed by atoms with Gasteiger partial charge in [0.1, 0.15) is 16.8 Å². The fraction of sp³-hybridized carbons (Fsp3) is 0.0500. The summed E-state index contributed by atoms with van der Waals surface area (Å²) in [5.74, 6) is 0.0409. The van der Waals surface area contributed by atoms with Crippen LogP contribution in [0.5, 0.6) is 5.75 Å². The highest BCUT2D eigenvalue weighted by atomic mass is 32.1. The standard InChI is InChI=1S/C20H14F2N4OS/c21-20(22)27-17-8-6-13(7-9-17)18-15(10-14(11-23)19(24)28)12-26(25-18)16-4-2-1-3-5-16/h1-10,12,20H,(H2,24,28). The Kier molecular flexibility index (Phi) is 5.77. The molecule has 0 bridgehead atoms. The summed E-state index contributed by atoms with van der Waals surface area (Å²) in [5, 5.41) is 13.8. The Morgan fingerprint density at radius 1 is 1.18 bits per heavy atom. The van der Waals surface area contributed by atoms with Crippen LogP contribution in [0.2, 0.25) is 0 Å². The van der Waals surface area contributed by atoms with Crippen LogP contribution in [-0.2, 0) is 0 Å². The van der Waals surface area contributed by atoms with Crippen molar-refractivity contribution in [2.75, 3.05) is 0 Å². The largest absolute Gasteiger partial charge is 0.435 e. The Hall–Kier alpha value is -3.57. The fourth-order valence-electron chi connectivity index (χ4n) is 2.54. The normalized spacial score (nSPS) is 11.3. The van der Waals surface area contributed by atoms with Crippen molar-refractivity contribution in [1.82, 2.24) is 9.78 Å². The number of rotatable bonds is 6. The maximum absolute atomic E-state index is 12.4. The van der Waals surface area contributed by atoms with Gasteiger partial charge in [-0.25, -0.2) is 4.68 Å². The predicted molar refractivity (Wildman–Crippen MR) is 106 cm³/mol. The third kappa shape index (κ3) is 4.39. The van der Waals surface area contributed by atoms with Gasteiger partial charge in [-0.2, -0.15) is 19.1 Å². The molecule has 3 aromatic rings. The summed E-state index contributed by atoms with van der Waals surface area (Å²) in [6.07, 6.45) is 3.29. The molecule has 2 N–H and O–H groups in total. The summed E-state index contributed by atoms with van der Waals surface area (Å²) >= 11 is 4.90. The second kappa shape index (κ2) is 8.41. The summed E-state index contributed by atoms with van der Waals surface area (Å²) in [5.41, 5.74) is 8.35. The van der Waals surface area contributed by atoms with Crippen LogP contribution in [0.1, 0.15) is 5.56 Å². The topological polar surface area (TPSA) is 76.9 Å². The van der Waals surface area contributed by atoms with E-state index in [0.29, 0.717) is 16.8 Å². The van der Waals surface area contributed by atoms with E-state index in [-0.39, 0.29) is 16.3 Å². The minimum absolute atomic E-state index is 0.0263. The Morgan fingerprint density at radius 3 is 2.43 bits per heavy atom. The van der Waals surface area contributed by atoms with E-state index in [1.54, 1.807) is 29.1 Å². The van der Waals surface area contributed by atoms with Gasteiger partial charge >= 0.3 is 6.61 Å². The number of hydrogen-bond donors (Lipinski definition) is 1. The molecule has 3 rings (SSSR count). The van der Waals surface area contributed by atoms with E-state index < -0.39 is 6.61 Å². The van der Waals surface area contributed by atoms with Gasteiger partial charge in [-0.3, -0.25) is 0 Å². The molecule has 0 spiro atoms. The molecule has 0 aliphatic carbocycles. The molecular weight excluding hydrogens is 382 g/mol. The minimum atomic E-state index is -2.90. The molecule has 0 amide bonds. The monoisotopic (exact) mass is 396 g/mol. The maximum atomic E-state index is 12.4. The highest BCUT2D eigenvalue weighted by Gasteiger charge is 2.13. The van der Waals surface area contributed by atoms with Gasteiger partial charge in [-0.15, -0.1) is 0 Å². The number of aromatic nitrogens is 2. The van der Waals surface area contributed by atoms with E-state index in [9.17, 15) is 14.0 Å². The third-order valence-electron chi connectivity index (χ3n) is 3.80. The van der Waals surface area contributed by atoms with Gasteiger partial charge in [-0.1, -0.05) is 30.4 Å². The lowest BCUT2D eigenvalue weighted by Gasteiger charge is -2.05. The number of benzene rings is 2. The van der Waals surface area contributed by atoms with E-state index in [2.05, 4.69) is 9.84 Å². The zero-order valence-electron chi connectivity index (χ0n) is 14.4. The smallest absolute Gasteiger partial charge is 0.387 e. The average molecular weight is 396 g/mol. The Balaban J connectivity index is 2.09. The first-order valence-corrected chi connectivity index (χ1v) is 8.50. The zero-order valence-corrected chi connectivity index (χ0v) is 15.2. The first kappa shape index (κ1) is 19.2. The van der Waals surface area contributed by atoms with E-state index >= 15 is 0 Å². The Morgan fingerprint density at radius 2 is 1.86 bits per heavy atom. The molecule has 1 heterocycles. The van der Waals surface area contributed by atoms with Crippen molar-refractivity contribution in [3.8, 4) is 28.8 Å². The minimum Gasteiger partial charge on any atom is -0.435 e. The van der Waals surface area contributed by atoms with Crippen LogP contribution in [0.3, 0.4) is 0 Å². The number of hydrogen-bond acceptors (Lipinski definition) is 4. The number of alkyl halides is 2. The molecular formula is C20H14F2N4OS. The number of ether oxygens (including phenoxy) is 1. The van der Waals surface area contributed by atoms with Crippen LogP contribution >= 0.6 is 12.2 Å². The van der Waals surface area contributed by atoms with Crippen molar-refractivity contribution < 1.29 is 13.5 Å². The molecule has 8 heteroatoms. The highest BCUT2D eigenvalue weighted by Crippen LogP contribution is 2.28. The van der Waals surface area contributed by atoms with E-state index in [1.807, 2.05) is 36.4 Å². The highest BCUT2D eigenvalue weighted by molar-refractivity contribution is 7.80. The molecule has 5 nitrogen and oxygen atoms in total. The molecule has 0 fully saturated rings. The van der Waals surface area contributed by atoms with Crippen LogP contribution in [0.4, 0.5) is 8.78 Å². The van der Waals surface area contributed by atoms with E-state index in [4.69, 9.17) is 18.0 Å². The average Bonchev–Trinajstić information content (AvgIpc) is 3.10. The molecule has 1 aromatic heterocycles. The van der Waals surface area contributed by atoms with Crippen molar-refractivity contribution in [3.63, 3.8) is 0 Å². The first-order valence-electron chi connectivity index (χ1n) is 8.10. The molecule has 0 aliphatic rings. The van der Waals surface area contributed by atoms with Crippen molar-refractivity contribution in [2.45, 2.75) is 6.61 Å². The number of nitrogens with zero attached hydrogens (tertiary/aromatic N) is 3. The summed E-state index contributed by atoms with van der Waals surface area (Å²) < 4.78 is 30.7. The van der Waals surface area contributed by atoms with Gasteiger partial charge in [0, 0.05) is 17.3 Å². The zero-order chi connectivity index (χ0) is 20.1. The molecule has 0 saturated carbocycles. The Labute approximate surface area is 165 Å². The number of thiocarbonyl (C=S) groups is 1. The molecule has 0 radical (unpaired) electrons. The lowest BCUT2D eigenvalue weighted by Crippen LogP contribution is -2.09. The quantitative estimate of drug-likeness (QED) is 0.381.